The molecular weight excluding hydrogens is 384 g/mol. The molecular formula is C22H22N4O2S. The molecule has 0 radical (unpaired) electrons. The lowest BCUT2D eigenvalue weighted by atomic mass is 10.1. The number of nitrogens with zero attached hydrogens (tertiary/aromatic N) is 3. The molecule has 0 saturated carbocycles. The average molecular weight is 407 g/mol. The monoisotopic (exact) mass is 406 g/mol. The Hall–Kier alpha value is -3.06. The summed E-state index contributed by atoms with van der Waals surface area (Å²) in [4.78, 5) is 12.4. The van der Waals surface area contributed by atoms with Gasteiger partial charge in [0.15, 0.2) is 10.9 Å². The van der Waals surface area contributed by atoms with Crippen LogP contribution in [0, 0.1) is 13.8 Å². The molecule has 2 aromatic carbocycles. The highest BCUT2D eigenvalue weighted by molar-refractivity contribution is 7.99. The van der Waals surface area contributed by atoms with E-state index in [2.05, 4.69) is 21.6 Å². The van der Waals surface area contributed by atoms with E-state index in [4.69, 9.17) is 4.42 Å². The van der Waals surface area contributed by atoms with Crippen LogP contribution in [0.15, 0.2) is 58.1 Å². The first-order valence-corrected chi connectivity index (χ1v) is 10.5. The largest absolute Gasteiger partial charge is 0.453 e. The minimum Gasteiger partial charge on any atom is -0.453 e. The van der Waals surface area contributed by atoms with Crippen molar-refractivity contribution in [3.8, 4) is 11.6 Å². The van der Waals surface area contributed by atoms with Crippen LogP contribution in [0.25, 0.3) is 22.6 Å². The van der Waals surface area contributed by atoms with Crippen molar-refractivity contribution in [2.24, 2.45) is 0 Å². The molecule has 148 valence electrons. The number of aryl methyl sites for hydroxylation is 2. The highest BCUT2D eigenvalue weighted by Crippen LogP contribution is 2.29. The normalized spacial score (nSPS) is 11.1. The van der Waals surface area contributed by atoms with Crippen molar-refractivity contribution in [2.45, 2.75) is 32.5 Å². The van der Waals surface area contributed by atoms with Gasteiger partial charge in [-0.25, -0.2) is 0 Å². The average Bonchev–Trinajstić information content (AvgIpc) is 3.31. The Labute approximate surface area is 173 Å². The molecule has 0 aliphatic heterocycles. The molecule has 4 aromatic rings. The summed E-state index contributed by atoms with van der Waals surface area (Å²) >= 11 is 1.37. The molecule has 0 saturated heterocycles. The Morgan fingerprint density at radius 2 is 1.97 bits per heavy atom. The molecule has 1 amide bonds. The molecule has 1 N–H and O–H groups in total. The quantitative estimate of drug-likeness (QED) is 0.453. The van der Waals surface area contributed by atoms with E-state index in [9.17, 15) is 4.79 Å². The van der Waals surface area contributed by atoms with Gasteiger partial charge in [-0.1, -0.05) is 47.7 Å². The number of hydrogen-bond acceptors (Lipinski definition) is 5. The van der Waals surface area contributed by atoms with Crippen LogP contribution in [0.2, 0.25) is 0 Å². The van der Waals surface area contributed by atoms with E-state index in [0.717, 1.165) is 22.2 Å². The van der Waals surface area contributed by atoms with Gasteiger partial charge in [0.2, 0.25) is 11.7 Å². The van der Waals surface area contributed by atoms with Crippen LogP contribution in [-0.2, 0) is 11.3 Å². The highest BCUT2D eigenvalue weighted by atomic mass is 32.2. The maximum Gasteiger partial charge on any atom is 0.234 e. The van der Waals surface area contributed by atoms with Crippen LogP contribution in [0.1, 0.15) is 18.1 Å². The number of rotatable bonds is 6. The number of thioether (sulfide) groups is 1. The number of amides is 1. The minimum absolute atomic E-state index is 0.0714. The van der Waals surface area contributed by atoms with Crippen molar-refractivity contribution in [3.63, 3.8) is 0 Å². The van der Waals surface area contributed by atoms with E-state index >= 15 is 0 Å². The summed E-state index contributed by atoms with van der Waals surface area (Å²) in [6.07, 6.45) is 0. The zero-order valence-corrected chi connectivity index (χ0v) is 17.4. The second-order valence-electron chi connectivity index (χ2n) is 6.85. The first-order chi connectivity index (χ1) is 14.0. The van der Waals surface area contributed by atoms with Gasteiger partial charge in [0.1, 0.15) is 5.58 Å². The van der Waals surface area contributed by atoms with E-state index < -0.39 is 0 Å². The third kappa shape index (κ3) is 4.05. The number of benzene rings is 2. The molecule has 2 heterocycles. The van der Waals surface area contributed by atoms with Crippen LogP contribution in [0.4, 0.5) is 5.69 Å². The molecule has 2 aromatic heterocycles. The summed E-state index contributed by atoms with van der Waals surface area (Å²) in [5, 5.41) is 13.3. The fourth-order valence-corrected chi connectivity index (χ4v) is 4.03. The molecule has 29 heavy (non-hydrogen) atoms. The molecule has 7 heteroatoms. The number of carbonyl (C=O) groups excluding carboxylic acids is 1. The molecule has 0 atom stereocenters. The summed E-state index contributed by atoms with van der Waals surface area (Å²) < 4.78 is 7.89. The van der Waals surface area contributed by atoms with Gasteiger partial charge in [-0.05, 0) is 44.5 Å². The lowest BCUT2D eigenvalue weighted by Crippen LogP contribution is -2.15. The van der Waals surface area contributed by atoms with Crippen molar-refractivity contribution in [2.75, 3.05) is 11.1 Å². The molecule has 0 fully saturated rings. The summed E-state index contributed by atoms with van der Waals surface area (Å²) in [7, 11) is 0. The van der Waals surface area contributed by atoms with E-state index in [1.54, 1.807) is 0 Å². The topological polar surface area (TPSA) is 73.0 Å². The molecule has 0 aliphatic carbocycles. The number of aromatic nitrogens is 3. The fraction of sp³-hybridized carbons (Fsp3) is 0.227. The Morgan fingerprint density at radius 1 is 1.14 bits per heavy atom. The summed E-state index contributed by atoms with van der Waals surface area (Å²) in [6.45, 7) is 6.73. The van der Waals surface area contributed by atoms with Gasteiger partial charge in [-0.3, -0.25) is 9.36 Å². The van der Waals surface area contributed by atoms with Gasteiger partial charge >= 0.3 is 0 Å². The van der Waals surface area contributed by atoms with Gasteiger partial charge in [-0.2, -0.15) is 0 Å². The Bertz CT molecular complexity index is 1150. The highest BCUT2D eigenvalue weighted by Gasteiger charge is 2.18. The summed E-state index contributed by atoms with van der Waals surface area (Å²) in [6, 6.07) is 15.8. The van der Waals surface area contributed by atoms with Crippen LogP contribution < -0.4 is 5.32 Å². The van der Waals surface area contributed by atoms with Gasteiger partial charge in [0.25, 0.3) is 0 Å². The van der Waals surface area contributed by atoms with Crippen LogP contribution in [0.3, 0.4) is 0 Å². The van der Waals surface area contributed by atoms with Gasteiger partial charge in [0.05, 0.1) is 5.75 Å². The predicted molar refractivity (Wildman–Crippen MR) is 116 cm³/mol. The zero-order chi connectivity index (χ0) is 20.4. The lowest BCUT2D eigenvalue weighted by Gasteiger charge is -2.09. The van der Waals surface area contributed by atoms with E-state index in [-0.39, 0.29) is 11.7 Å². The van der Waals surface area contributed by atoms with Crippen molar-refractivity contribution in [1.82, 2.24) is 14.8 Å². The van der Waals surface area contributed by atoms with E-state index in [0.29, 0.717) is 23.3 Å². The predicted octanol–water partition coefficient (Wildman–Crippen LogP) is 5.06. The van der Waals surface area contributed by atoms with Crippen LogP contribution in [0.5, 0.6) is 0 Å². The maximum absolute atomic E-state index is 12.4. The third-order valence-corrected chi connectivity index (χ3v) is 5.63. The Kier molecular flexibility index (Phi) is 5.40. The van der Waals surface area contributed by atoms with E-state index in [1.165, 1.54) is 17.3 Å². The van der Waals surface area contributed by atoms with Crippen LogP contribution >= 0.6 is 11.8 Å². The number of hydrogen-bond donors (Lipinski definition) is 1. The number of nitrogens with one attached hydrogen (secondary N) is 1. The maximum atomic E-state index is 12.4. The number of carbonyl (C=O) groups is 1. The fourth-order valence-electron chi connectivity index (χ4n) is 3.23. The van der Waals surface area contributed by atoms with Gasteiger partial charge in [-0.15, -0.1) is 10.2 Å². The van der Waals surface area contributed by atoms with Crippen molar-refractivity contribution >= 4 is 34.3 Å². The van der Waals surface area contributed by atoms with Crippen LogP contribution in [-0.4, -0.2) is 26.4 Å². The number of anilines is 1. The zero-order valence-electron chi connectivity index (χ0n) is 16.6. The molecule has 0 aliphatic rings. The summed E-state index contributed by atoms with van der Waals surface area (Å²) in [5.74, 6) is 1.52. The van der Waals surface area contributed by atoms with E-state index in [1.807, 2.05) is 67.8 Å². The smallest absolute Gasteiger partial charge is 0.234 e. The van der Waals surface area contributed by atoms with Gasteiger partial charge < -0.3 is 9.73 Å². The second-order valence-corrected chi connectivity index (χ2v) is 7.80. The second kappa shape index (κ2) is 8.13. The first kappa shape index (κ1) is 19.3. The number of furan rings is 1. The standard InChI is InChI=1S/C22H22N4O2S/c1-4-26-21(19-12-16-7-5-6-8-18(16)28-19)24-25-22(26)29-13-20(27)23-17-10-9-14(2)11-15(17)3/h5-12H,4,13H2,1-3H3,(H,23,27). The Balaban J connectivity index is 1.48. The van der Waals surface area contributed by atoms with Crippen molar-refractivity contribution < 1.29 is 9.21 Å². The molecule has 4 rings (SSSR count). The number of fused-ring (bicyclic) bond motifs is 1. The van der Waals surface area contributed by atoms with Crippen molar-refractivity contribution in [3.05, 3.63) is 59.7 Å². The lowest BCUT2D eigenvalue weighted by molar-refractivity contribution is -0.113. The van der Waals surface area contributed by atoms with Gasteiger partial charge in [0, 0.05) is 17.6 Å². The third-order valence-electron chi connectivity index (χ3n) is 4.67. The molecule has 0 bridgehead atoms. The number of para-hydroxylation sites is 1. The summed E-state index contributed by atoms with van der Waals surface area (Å²) in [5.41, 5.74) is 3.87. The molecule has 0 unspecified atom stereocenters. The molecule has 0 spiro atoms. The molecule has 6 nitrogen and oxygen atoms in total. The first-order valence-electron chi connectivity index (χ1n) is 9.47. The SMILES string of the molecule is CCn1c(SCC(=O)Nc2ccc(C)cc2C)nnc1-c1cc2ccccc2o1. The minimum atomic E-state index is -0.0714. The Morgan fingerprint density at radius 3 is 2.72 bits per heavy atom. The van der Waals surface area contributed by atoms with Crippen molar-refractivity contribution in [1.29, 1.82) is 0 Å².